The zero-order valence-electron chi connectivity index (χ0n) is 39.4. The van der Waals surface area contributed by atoms with Crippen LogP contribution in [-0.4, -0.2) is 75.5 Å². The SMILES string of the molecule is CCCCCC/C=C\C/C=C\CCCCCCCCCC(=O)OC(COCCC(C(=O)[O-])[N+](C)(C)C)COC(=O)CCCCCCCCCCCCCCCCCCC. The maximum Gasteiger partial charge on any atom is 0.306 e. The van der Waals surface area contributed by atoms with Gasteiger partial charge in [-0.25, -0.2) is 0 Å². The Hall–Kier alpha value is -2.19. The molecule has 0 N–H and O–H groups in total. The van der Waals surface area contributed by atoms with E-state index in [1.165, 1.54) is 148 Å². The smallest absolute Gasteiger partial charge is 0.306 e. The quantitative estimate of drug-likeness (QED) is 0.0260. The van der Waals surface area contributed by atoms with Gasteiger partial charge in [-0.15, -0.1) is 0 Å². The predicted molar refractivity (Wildman–Crippen MR) is 245 cm³/mol. The summed E-state index contributed by atoms with van der Waals surface area (Å²) in [6.07, 6.45) is 47.7. The first kappa shape index (κ1) is 56.8. The first-order chi connectivity index (χ1) is 28.6. The molecule has 2 unspecified atom stereocenters. The average Bonchev–Trinajstić information content (AvgIpc) is 3.19. The van der Waals surface area contributed by atoms with Crippen LogP contribution in [0.2, 0.25) is 0 Å². The van der Waals surface area contributed by atoms with Crippen LogP contribution < -0.4 is 5.11 Å². The molecule has 2 atom stereocenters. The fraction of sp³-hybridized carbons (Fsp3) is 0.863. The highest BCUT2D eigenvalue weighted by Gasteiger charge is 2.25. The highest BCUT2D eigenvalue weighted by Crippen LogP contribution is 2.16. The van der Waals surface area contributed by atoms with Crippen molar-refractivity contribution in [2.45, 2.75) is 244 Å². The number of rotatable bonds is 45. The topological polar surface area (TPSA) is 102 Å². The third-order valence-corrected chi connectivity index (χ3v) is 11.3. The van der Waals surface area contributed by atoms with Crippen molar-refractivity contribution in [1.29, 1.82) is 0 Å². The molecule has 0 saturated heterocycles. The number of allylic oxidation sites excluding steroid dienone is 4. The Morgan fingerprint density at radius 3 is 1.32 bits per heavy atom. The van der Waals surface area contributed by atoms with Crippen LogP contribution in [0.25, 0.3) is 0 Å². The van der Waals surface area contributed by atoms with Crippen molar-refractivity contribution in [3.05, 3.63) is 24.3 Å². The van der Waals surface area contributed by atoms with Gasteiger partial charge in [0.25, 0.3) is 0 Å². The van der Waals surface area contributed by atoms with E-state index in [4.69, 9.17) is 14.2 Å². The lowest BCUT2D eigenvalue weighted by atomic mass is 10.0. The van der Waals surface area contributed by atoms with Gasteiger partial charge in [0, 0.05) is 19.3 Å². The van der Waals surface area contributed by atoms with Crippen LogP contribution in [-0.2, 0) is 28.6 Å². The van der Waals surface area contributed by atoms with Gasteiger partial charge in [-0.05, 0) is 44.9 Å². The summed E-state index contributed by atoms with van der Waals surface area (Å²) in [7, 11) is 5.42. The van der Waals surface area contributed by atoms with Gasteiger partial charge in [0.2, 0.25) is 0 Å². The molecule has 0 bridgehead atoms. The first-order valence-electron chi connectivity index (χ1n) is 24.9. The second kappa shape index (κ2) is 42.5. The zero-order chi connectivity index (χ0) is 43.5. The molecule has 0 aromatic heterocycles. The minimum atomic E-state index is -1.12. The van der Waals surface area contributed by atoms with Gasteiger partial charge in [0.05, 0.1) is 40.3 Å². The number of esters is 2. The Morgan fingerprint density at radius 1 is 0.508 bits per heavy atom. The molecule has 8 nitrogen and oxygen atoms in total. The fourth-order valence-corrected chi connectivity index (χ4v) is 7.46. The Kier molecular flexibility index (Phi) is 40.9. The third kappa shape index (κ3) is 41.0. The molecule has 0 aliphatic heterocycles. The largest absolute Gasteiger partial charge is 0.544 e. The number of likely N-dealkylation sites (N-methyl/N-ethyl adjacent to an activating group) is 1. The summed E-state index contributed by atoms with van der Waals surface area (Å²) in [5.41, 5.74) is 0. The summed E-state index contributed by atoms with van der Waals surface area (Å²) in [6.45, 7) is 4.67. The number of carboxylic acids is 1. The number of hydrogen-bond donors (Lipinski definition) is 0. The van der Waals surface area contributed by atoms with Gasteiger partial charge in [0.1, 0.15) is 12.6 Å². The molecule has 0 spiro atoms. The highest BCUT2D eigenvalue weighted by molar-refractivity contribution is 5.70. The number of quaternary nitrogens is 1. The molecule has 0 heterocycles. The van der Waals surface area contributed by atoms with Crippen molar-refractivity contribution < 1.29 is 38.2 Å². The van der Waals surface area contributed by atoms with Crippen molar-refractivity contribution in [1.82, 2.24) is 0 Å². The van der Waals surface area contributed by atoms with Gasteiger partial charge in [0.15, 0.2) is 6.10 Å². The third-order valence-electron chi connectivity index (χ3n) is 11.3. The van der Waals surface area contributed by atoms with E-state index in [0.717, 1.165) is 51.4 Å². The number of hydrogen-bond acceptors (Lipinski definition) is 7. The number of carbonyl (C=O) groups excluding carboxylic acids is 3. The molecular weight excluding hydrogens is 739 g/mol. The van der Waals surface area contributed by atoms with Gasteiger partial charge < -0.3 is 28.6 Å². The standard InChI is InChI=1S/C51H95NO7/c1-6-8-10-12-14-16-18-20-22-24-26-28-30-32-34-36-38-40-42-50(54)59-47(45-57-44-43-48(51(55)56)52(3,4)5)46-58-49(53)41-39-37-35-33-31-29-27-25-23-21-19-17-15-13-11-9-7-2/h16,18,22,24,47-48H,6-15,17,19-21,23,25-46H2,1-5H3/b18-16-,24-22-. The van der Waals surface area contributed by atoms with Crippen molar-refractivity contribution in [2.24, 2.45) is 0 Å². The molecule has 0 aromatic rings. The van der Waals surface area contributed by atoms with Crippen LogP contribution in [0.5, 0.6) is 0 Å². The van der Waals surface area contributed by atoms with E-state index < -0.39 is 18.1 Å². The summed E-state index contributed by atoms with van der Waals surface area (Å²) >= 11 is 0. The molecule has 59 heavy (non-hydrogen) atoms. The van der Waals surface area contributed by atoms with Gasteiger partial charge in [-0.3, -0.25) is 9.59 Å². The summed E-state index contributed by atoms with van der Waals surface area (Å²) in [4.78, 5) is 37.0. The molecule has 0 aromatic carbocycles. The van der Waals surface area contributed by atoms with Crippen LogP contribution in [0.1, 0.15) is 232 Å². The van der Waals surface area contributed by atoms with Crippen molar-refractivity contribution >= 4 is 17.9 Å². The minimum absolute atomic E-state index is 0.0417. The molecule has 0 radical (unpaired) electrons. The van der Waals surface area contributed by atoms with Gasteiger partial charge >= 0.3 is 11.9 Å². The van der Waals surface area contributed by atoms with E-state index in [-0.39, 0.29) is 42.7 Å². The molecule has 0 rings (SSSR count). The second-order valence-electron chi connectivity index (χ2n) is 18.1. The lowest BCUT2D eigenvalue weighted by Gasteiger charge is -2.34. The highest BCUT2D eigenvalue weighted by atomic mass is 16.6. The Balaban J connectivity index is 4.26. The van der Waals surface area contributed by atoms with Crippen LogP contribution in [0, 0.1) is 0 Å². The first-order valence-corrected chi connectivity index (χ1v) is 24.9. The number of carbonyl (C=O) groups is 3. The van der Waals surface area contributed by atoms with Crippen LogP contribution >= 0.6 is 0 Å². The molecule has 0 saturated carbocycles. The molecule has 0 amide bonds. The Morgan fingerprint density at radius 2 is 0.898 bits per heavy atom. The lowest BCUT2D eigenvalue weighted by molar-refractivity contribution is -0.889. The fourth-order valence-electron chi connectivity index (χ4n) is 7.46. The number of carboxylic acid groups (broad SMARTS) is 1. The van der Waals surface area contributed by atoms with Gasteiger partial charge in [-0.1, -0.05) is 192 Å². The van der Waals surface area contributed by atoms with Crippen LogP contribution in [0.4, 0.5) is 0 Å². The molecule has 0 aliphatic rings. The lowest BCUT2D eigenvalue weighted by Crippen LogP contribution is -2.55. The molecular formula is C51H95NO7. The maximum atomic E-state index is 12.8. The van der Waals surface area contributed by atoms with Crippen LogP contribution in [0.3, 0.4) is 0 Å². The van der Waals surface area contributed by atoms with Gasteiger partial charge in [-0.2, -0.15) is 0 Å². The second-order valence-corrected chi connectivity index (χ2v) is 18.1. The number of nitrogens with zero attached hydrogens (tertiary/aromatic N) is 1. The van der Waals surface area contributed by atoms with E-state index in [2.05, 4.69) is 38.2 Å². The average molecular weight is 834 g/mol. The molecule has 0 aliphatic carbocycles. The normalized spacial score (nSPS) is 13.0. The Bertz CT molecular complexity index is 1020. The molecule has 8 heteroatoms. The summed E-state index contributed by atoms with van der Waals surface area (Å²) in [5.74, 6) is -1.73. The summed E-state index contributed by atoms with van der Waals surface area (Å²) in [5, 5.41) is 11.6. The predicted octanol–water partition coefficient (Wildman–Crippen LogP) is 12.7. The van der Waals surface area contributed by atoms with E-state index >= 15 is 0 Å². The van der Waals surface area contributed by atoms with Crippen LogP contribution in [0.15, 0.2) is 24.3 Å². The molecule has 0 fully saturated rings. The number of aliphatic carboxylic acids is 1. The zero-order valence-corrected chi connectivity index (χ0v) is 39.4. The van der Waals surface area contributed by atoms with Crippen molar-refractivity contribution in [2.75, 3.05) is 41.0 Å². The van der Waals surface area contributed by atoms with E-state index in [1.54, 1.807) is 21.1 Å². The van der Waals surface area contributed by atoms with E-state index in [9.17, 15) is 19.5 Å². The minimum Gasteiger partial charge on any atom is -0.544 e. The van der Waals surface area contributed by atoms with E-state index in [0.29, 0.717) is 12.8 Å². The number of unbranched alkanes of at least 4 members (excludes halogenated alkanes) is 27. The Labute approximate surface area is 364 Å². The summed E-state index contributed by atoms with van der Waals surface area (Å²) < 4.78 is 17.2. The monoisotopic (exact) mass is 834 g/mol. The molecule has 346 valence electrons. The van der Waals surface area contributed by atoms with Crippen molar-refractivity contribution in [3.63, 3.8) is 0 Å². The van der Waals surface area contributed by atoms with Crippen molar-refractivity contribution in [3.8, 4) is 0 Å². The maximum absolute atomic E-state index is 12.8. The van der Waals surface area contributed by atoms with E-state index in [1.807, 2.05) is 0 Å². The number of ether oxygens (including phenoxy) is 3. The summed E-state index contributed by atoms with van der Waals surface area (Å²) in [6, 6.07) is -0.725.